The van der Waals surface area contributed by atoms with Crippen LogP contribution in [0.5, 0.6) is 0 Å². The Kier molecular flexibility index (Phi) is 5.88. The monoisotopic (exact) mass is 412 g/mol. The smallest absolute Gasteiger partial charge is 0.249 e. The maximum atomic E-state index is 6.22. The summed E-state index contributed by atoms with van der Waals surface area (Å²) >= 11 is 11.9. The van der Waals surface area contributed by atoms with Gasteiger partial charge in [0.05, 0.1) is 17.1 Å². The SMILES string of the molecule is S=C(NCCc1ccccc1)N(Cc1nnc(-c2ccccc2Cl)o1)C1CC1. The number of hydrogen-bond donors (Lipinski definition) is 1. The molecule has 0 bridgehead atoms. The van der Waals surface area contributed by atoms with Crippen LogP contribution in [0.1, 0.15) is 24.3 Å². The van der Waals surface area contributed by atoms with Gasteiger partial charge in [0, 0.05) is 12.6 Å². The average Bonchev–Trinajstić information content (AvgIpc) is 3.45. The highest BCUT2D eigenvalue weighted by atomic mass is 35.5. The molecule has 0 saturated heterocycles. The van der Waals surface area contributed by atoms with Gasteiger partial charge in [0.25, 0.3) is 0 Å². The second-order valence-corrected chi connectivity index (χ2v) is 7.60. The van der Waals surface area contributed by atoms with Crippen LogP contribution in [0.15, 0.2) is 59.0 Å². The number of nitrogens with one attached hydrogen (secondary N) is 1. The van der Waals surface area contributed by atoms with Crippen molar-refractivity contribution in [1.29, 1.82) is 0 Å². The van der Waals surface area contributed by atoms with Gasteiger partial charge in [-0.1, -0.05) is 54.1 Å². The van der Waals surface area contributed by atoms with Crippen molar-refractivity contribution in [3.05, 3.63) is 71.1 Å². The summed E-state index contributed by atoms with van der Waals surface area (Å²) in [6, 6.07) is 18.3. The van der Waals surface area contributed by atoms with E-state index in [1.807, 2.05) is 30.3 Å². The molecule has 2 aromatic carbocycles. The van der Waals surface area contributed by atoms with E-state index < -0.39 is 0 Å². The van der Waals surface area contributed by atoms with Crippen molar-refractivity contribution in [2.45, 2.75) is 31.8 Å². The third-order valence-electron chi connectivity index (χ3n) is 4.66. The molecular weight excluding hydrogens is 392 g/mol. The molecule has 4 rings (SSSR count). The van der Waals surface area contributed by atoms with E-state index in [4.69, 9.17) is 28.2 Å². The summed E-state index contributed by atoms with van der Waals surface area (Å²) in [5.74, 6) is 0.966. The Hall–Kier alpha value is -2.44. The normalized spacial score (nSPS) is 13.3. The van der Waals surface area contributed by atoms with E-state index in [0.717, 1.165) is 36.5 Å². The lowest BCUT2D eigenvalue weighted by Crippen LogP contribution is -2.41. The molecule has 7 heteroatoms. The lowest BCUT2D eigenvalue weighted by Gasteiger charge is -2.24. The van der Waals surface area contributed by atoms with Crippen molar-refractivity contribution in [3.8, 4) is 11.5 Å². The molecule has 0 radical (unpaired) electrons. The van der Waals surface area contributed by atoms with Crippen LogP contribution in [0.25, 0.3) is 11.5 Å². The number of aromatic nitrogens is 2. The van der Waals surface area contributed by atoms with E-state index >= 15 is 0 Å². The van der Waals surface area contributed by atoms with E-state index in [2.05, 4.69) is 44.7 Å². The molecule has 0 aliphatic heterocycles. The number of rotatable bonds is 7. The van der Waals surface area contributed by atoms with Crippen LogP contribution in [0, 0.1) is 0 Å². The molecule has 1 heterocycles. The van der Waals surface area contributed by atoms with E-state index in [-0.39, 0.29) is 0 Å². The van der Waals surface area contributed by atoms with Crippen LogP contribution in [0.3, 0.4) is 0 Å². The van der Waals surface area contributed by atoms with E-state index in [1.165, 1.54) is 5.56 Å². The van der Waals surface area contributed by atoms with Crippen LogP contribution in [-0.4, -0.2) is 32.8 Å². The fraction of sp³-hybridized carbons (Fsp3) is 0.286. The molecule has 0 amide bonds. The van der Waals surface area contributed by atoms with E-state index in [9.17, 15) is 0 Å². The Morgan fingerprint density at radius 1 is 1.11 bits per heavy atom. The highest BCUT2D eigenvalue weighted by molar-refractivity contribution is 7.80. The van der Waals surface area contributed by atoms with Gasteiger partial charge in [0.1, 0.15) is 0 Å². The van der Waals surface area contributed by atoms with Gasteiger partial charge in [-0.2, -0.15) is 0 Å². The van der Waals surface area contributed by atoms with Crippen molar-refractivity contribution in [2.75, 3.05) is 6.54 Å². The summed E-state index contributed by atoms with van der Waals surface area (Å²) in [5, 5.41) is 13.0. The maximum Gasteiger partial charge on any atom is 0.249 e. The summed E-state index contributed by atoms with van der Waals surface area (Å²) in [6.45, 7) is 1.29. The van der Waals surface area contributed by atoms with Crippen LogP contribution < -0.4 is 5.32 Å². The Morgan fingerprint density at radius 2 is 1.86 bits per heavy atom. The number of halogens is 1. The molecule has 1 N–H and O–H groups in total. The molecular formula is C21H21ClN4OS. The number of benzene rings is 2. The predicted molar refractivity (Wildman–Crippen MR) is 114 cm³/mol. The first kappa shape index (κ1) is 18.9. The minimum absolute atomic E-state index is 0.430. The van der Waals surface area contributed by atoms with Gasteiger partial charge in [-0.25, -0.2) is 0 Å². The van der Waals surface area contributed by atoms with Crippen molar-refractivity contribution in [3.63, 3.8) is 0 Å². The zero-order chi connectivity index (χ0) is 19.3. The molecule has 28 heavy (non-hydrogen) atoms. The fourth-order valence-corrected chi connectivity index (χ4v) is 3.55. The lowest BCUT2D eigenvalue weighted by atomic mass is 10.1. The van der Waals surface area contributed by atoms with Gasteiger partial charge in [-0.3, -0.25) is 0 Å². The molecule has 1 aliphatic rings. The van der Waals surface area contributed by atoms with E-state index in [1.54, 1.807) is 0 Å². The zero-order valence-electron chi connectivity index (χ0n) is 15.3. The zero-order valence-corrected chi connectivity index (χ0v) is 16.9. The van der Waals surface area contributed by atoms with Gasteiger partial charge in [0.2, 0.25) is 11.8 Å². The molecule has 1 saturated carbocycles. The molecule has 5 nitrogen and oxygen atoms in total. The van der Waals surface area contributed by atoms with Gasteiger partial charge < -0.3 is 14.6 Å². The maximum absolute atomic E-state index is 6.22. The Bertz CT molecular complexity index is 942. The summed E-state index contributed by atoms with van der Waals surface area (Å²) in [5.41, 5.74) is 2.03. The number of thiocarbonyl (C=S) groups is 1. The second kappa shape index (κ2) is 8.71. The van der Waals surface area contributed by atoms with E-state index in [0.29, 0.717) is 29.4 Å². The highest BCUT2D eigenvalue weighted by Gasteiger charge is 2.32. The van der Waals surface area contributed by atoms with Crippen LogP contribution in [-0.2, 0) is 13.0 Å². The minimum atomic E-state index is 0.430. The van der Waals surface area contributed by atoms with Crippen molar-refractivity contribution in [1.82, 2.24) is 20.4 Å². The Morgan fingerprint density at radius 3 is 2.61 bits per heavy atom. The molecule has 0 spiro atoms. The number of nitrogens with zero attached hydrogens (tertiary/aromatic N) is 3. The second-order valence-electron chi connectivity index (χ2n) is 6.81. The van der Waals surface area contributed by atoms with Gasteiger partial charge in [-0.05, 0) is 49.2 Å². The van der Waals surface area contributed by atoms with Crippen LogP contribution in [0.2, 0.25) is 5.02 Å². The Balaban J connectivity index is 1.37. The third-order valence-corrected chi connectivity index (χ3v) is 5.37. The first-order valence-corrected chi connectivity index (χ1v) is 10.1. The molecule has 1 fully saturated rings. The summed E-state index contributed by atoms with van der Waals surface area (Å²) in [7, 11) is 0. The van der Waals surface area contributed by atoms with Crippen molar-refractivity contribution in [2.24, 2.45) is 0 Å². The van der Waals surface area contributed by atoms with Crippen LogP contribution >= 0.6 is 23.8 Å². The molecule has 0 atom stereocenters. The largest absolute Gasteiger partial charge is 0.419 e. The Labute approximate surface area is 174 Å². The van der Waals surface area contributed by atoms with Crippen LogP contribution in [0.4, 0.5) is 0 Å². The minimum Gasteiger partial charge on any atom is -0.419 e. The van der Waals surface area contributed by atoms with Gasteiger partial charge >= 0.3 is 0 Å². The predicted octanol–water partition coefficient (Wildman–Crippen LogP) is 4.47. The molecule has 0 unspecified atom stereocenters. The fourth-order valence-electron chi connectivity index (χ4n) is 3.02. The van der Waals surface area contributed by atoms with Gasteiger partial charge in [-0.15, -0.1) is 10.2 Å². The quantitative estimate of drug-likeness (QED) is 0.578. The standard InChI is InChI=1S/C21H21ClN4OS/c22-18-9-5-4-8-17(18)20-25-24-19(27-20)14-26(16-10-11-16)21(28)23-13-12-15-6-2-1-3-7-15/h1-9,16H,10-14H2,(H,23,28). The summed E-state index contributed by atoms with van der Waals surface area (Å²) in [4.78, 5) is 2.14. The van der Waals surface area contributed by atoms with Crippen molar-refractivity contribution >= 4 is 28.9 Å². The summed E-state index contributed by atoms with van der Waals surface area (Å²) < 4.78 is 5.85. The first-order valence-electron chi connectivity index (χ1n) is 9.36. The number of hydrogen-bond acceptors (Lipinski definition) is 4. The molecule has 144 valence electrons. The summed E-state index contributed by atoms with van der Waals surface area (Å²) in [6.07, 6.45) is 3.19. The third kappa shape index (κ3) is 4.69. The highest BCUT2D eigenvalue weighted by Crippen LogP contribution is 2.30. The molecule has 1 aliphatic carbocycles. The molecule has 3 aromatic rings. The lowest BCUT2D eigenvalue weighted by molar-refractivity contribution is 0.343. The average molecular weight is 413 g/mol. The molecule has 1 aromatic heterocycles. The first-order chi connectivity index (χ1) is 13.7. The van der Waals surface area contributed by atoms with Gasteiger partial charge in [0.15, 0.2) is 5.11 Å². The topological polar surface area (TPSA) is 54.2 Å². The van der Waals surface area contributed by atoms with Crippen molar-refractivity contribution < 1.29 is 4.42 Å².